The summed E-state index contributed by atoms with van der Waals surface area (Å²) in [4.78, 5) is 15.9. The molecule has 0 amide bonds. The third kappa shape index (κ3) is 4.37. The first kappa shape index (κ1) is 17.4. The van der Waals surface area contributed by atoms with Gasteiger partial charge < -0.3 is 4.74 Å². The second-order valence-electron chi connectivity index (χ2n) is 6.14. The zero-order chi connectivity index (χ0) is 18.4. The number of ketones is 1. The number of benzene rings is 3. The number of ether oxygens (including phenoxy) is 1. The number of aryl methyl sites for hydroxylation is 1. The molecule has 0 radical (unpaired) electrons. The smallest absolute Gasteiger partial charge is 0.418 e. The van der Waals surface area contributed by atoms with Gasteiger partial charge in [0.25, 0.3) is 5.78 Å². The molecule has 0 spiro atoms. The minimum atomic E-state index is -1.17. The van der Waals surface area contributed by atoms with Crippen LogP contribution in [-0.2, 0) is 6.42 Å². The van der Waals surface area contributed by atoms with E-state index in [-0.39, 0.29) is 5.78 Å². The Morgan fingerprint density at radius 1 is 0.923 bits per heavy atom. The monoisotopic (exact) mass is 341 g/mol. The maximum atomic E-state index is 12.6. The van der Waals surface area contributed by atoms with Crippen LogP contribution in [0.15, 0.2) is 78.9 Å². The van der Waals surface area contributed by atoms with Gasteiger partial charge in [-0.3, -0.25) is 9.64 Å². The number of rotatable bonds is 6. The fourth-order valence-corrected chi connectivity index (χ4v) is 2.65. The van der Waals surface area contributed by atoms with Gasteiger partial charge in [0.05, 0.1) is 0 Å². The summed E-state index contributed by atoms with van der Waals surface area (Å²) in [6.07, 6.45) is -0.362. The molecule has 0 fully saturated rings. The Labute approximate surface area is 153 Å². The molecule has 3 heteroatoms. The Bertz CT molecular complexity index is 907. The number of Topliss-reactive ketones (excluding diaryl/α,β-unsaturated/α-hetero) is 1. The first-order valence-electron chi connectivity index (χ1n) is 8.42. The molecule has 0 N–H and O–H groups in total. The van der Waals surface area contributed by atoms with Crippen LogP contribution in [-0.4, -0.2) is 12.0 Å². The van der Waals surface area contributed by atoms with Crippen molar-refractivity contribution in [1.82, 2.24) is 0 Å². The van der Waals surface area contributed by atoms with E-state index in [2.05, 4.69) is 17.0 Å². The molecule has 0 aliphatic rings. The highest BCUT2D eigenvalue weighted by molar-refractivity contribution is 6.00. The lowest BCUT2D eigenvalue weighted by Crippen LogP contribution is -2.23. The van der Waals surface area contributed by atoms with Crippen LogP contribution in [0.5, 0.6) is 5.75 Å². The number of carbonyl (C=O) groups is 1. The van der Waals surface area contributed by atoms with Crippen LogP contribution < -0.4 is 4.74 Å². The highest BCUT2D eigenvalue weighted by Gasteiger charge is 2.27. The number of hydrogen-bond donors (Lipinski definition) is 0. The average molecular weight is 341 g/mol. The van der Waals surface area contributed by atoms with Gasteiger partial charge >= 0.3 is 6.23 Å². The quantitative estimate of drug-likeness (QED) is 0.462. The third-order valence-electron chi connectivity index (χ3n) is 4.10. The zero-order valence-electron chi connectivity index (χ0n) is 14.6. The SMILES string of the molecule is [C-]#[N+]C(Oc1ccc(C)cc1)C(=O)c1ccc(Cc2ccccc2)cc1. The lowest BCUT2D eigenvalue weighted by molar-refractivity contribution is 0.0849. The van der Waals surface area contributed by atoms with Gasteiger partial charge in [-0.1, -0.05) is 72.3 Å². The van der Waals surface area contributed by atoms with Crippen molar-refractivity contribution in [2.75, 3.05) is 0 Å². The summed E-state index contributed by atoms with van der Waals surface area (Å²) in [6, 6.07) is 24.8. The Hall–Kier alpha value is -3.38. The maximum Gasteiger partial charge on any atom is 0.431 e. The van der Waals surface area contributed by atoms with Gasteiger partial charge in [-0.15, -0.1) is 0 Å². The largest absolute Gasteiger partial charge is 0.431 e. The summed E-state index contributed by atoms with van der Waals surface area (Å²) < 4.78 is 5.56. The molecular weight excluding hydrogens is 322 g/mol. The third-order valence-corrected chi connectivity index (χ3v) is 4.10. The van der Waals surface area contributed by atoms with Crippen LogP contribution in [0.1, 0.15) is 27.0 Å². The van der Waals surface area contributed by atoms with E-state index in [4.69, 9.17) is 11.3 Å². The highest BCUT2D eigenvalue weighted by atomic mass is 16.5. The molecule has 0 saturated heterocycles. The molecule has 3 aromatic carbocycles. The molecular formula is C23H19NO2. The van der Waals surface area contributed by atoms with Gasteiger partial charge in [0.1, 0.15) is 5.75 Å². The van der Waals surface area contributed by atoms with Crippen molar-refractivity contribution in [2.24, 2.45) is 0 Å². The number of nitrogens with zero attached hydrogens (tertiary/aromatic N) is 1. The van der Waals surface area contributed by atoms with E-state index in [1.165, 1.54) is 5.56 Å². The zero-order valence-corrected chi connectivity index (χ0v) is 14.6. The van der Waals surface area contributed by atoms with Crippen LogP contribution in [0.3, 0.4) is 0 Å². The van der Waals surface area contributed by atoms with Crippen molar-refractivity contribution >= 4 is 5.78 Å². The summed E-state index contributed by atoms with van der Waals surface area (Å²) in [7, 11) is 0. The van der Waals surface area contributed by atoms with Gasteiger partial charge in [-0.05, 0) is 36.6 Å². The van der Waals surface area contributed by atoms with Crippen molar-refractivity contribution in [3.8, 4) is 5.75 Å². The minimum Gasteiger partial charge on any atom is -0.418 e. The van der Waals surface area contributed by atoms with Crippen LogP contribution in [0.4, 0.5) is 0 Å². The predicted octanol–water partition coefficient (Wildman–Crippen LogP) is 5.09. The Kier molecular flexibility index (Phi) is 5.46. The molecule has 3 rings (SSSR count). The molecule has 128 valence electrons. The van der Waals surface area contributed by atoms with Crippen molar-refractivity contribution in [2.45, 2.75) is 19.6 Å². The van der Waals surface area contributed by atoms with Gasteiger partial charge in [0.2, 0.25) is 0 Å². The van der Waals surface area contributed by atoms with Crippen molar-refractivity contribution < 1.29 is 9.53 Å². The summed E-state index contributed by atoms with van der Waals surface area (Å²) in [5.74, 6) is 0.192. The fourth-order valence-electron chi connectivity index (χ4n) is 2.65. The van der Waals surface area contributed by atoms with Crippen molar-refractivity contribution in [1.29, 1.82) is 0 Å². The van der Waals surface area contributed by atoms with E-state index in [9.17, 15) is 4.79 Å². The minimum absolute atomic E-state index is 0.327. The lowest BCUT2D eigenvalue weighted by Gasteiger charge is -2.09. The van der Waals surface area contributed by atoms with E-state index in [1.54, 1.807) is 24.3 Å². The lowest BCUT2D eigenvalue weighted by atomic mass is 10.0. The average Bonchev–Trinajstić information content (AvgIpc) is 2.68. The number of hydrogen-bond acceptors (Lipinski definition) is 2. The summed E-state index contributed by atoms with van der Waals surface area (Å²) in [5.41, 5.74) is 3.91. The molecule has 1 atom stereocenters. The van der Waals surface area contributed by atoms with Crippen LogP contribution in [0, 0.1) is 13.5 Å². The summed E-state index contributed by atoms with van der Waals surface area (Å²) >= 11 is 0. The maximum absolute atomic E-state index is 12.6. The number of carbonyl (C=O) groups excluding carboxylic acids is 1. The second kappa shape index (κ2) is 8.13. The topological polar surface area (TPSA) is 30.7 Å². The van der Waals surface area contributed by atoms with Crippen molar-refractivity contribution in [3.63, 3.8) is 0 Å². The first-order chi connectivity index (χ1) is 12.7. The highest BCUT2D eigenvalue weighted by Crippen LogP contribution is 2.17. The van der Waals surface area contributed by atoms with E-state index < -0.39 is 6.23 Å². The van der Waals surface area contributed by atoms with Gasteiger partial charge in [-0.25, -0.2) is 6.57 Å². The Morgan fingerprint density at radius 2 is 1.54 bits per heavy atom. The Morgan fingerprint density at radius 3 is 2.15 bits per heavy atom. The molecule has 26 heavy (non-hydrogen) atoms. The van der Waals surface area contributed by atoms with Gasteiger partial charge in [0.15, 0.2) is 0 Å². The standard InChI is InChI=1S/C23H19NO2/c1-17-8-14-21(15-9-17)26-23(24-2)22(25)20-12-10-19(11-13-20)16-18-6-4-3-5-7-18/h3-15,23H,16H2,1H3. The molecule has 0 aromatic heterocycles. The summed E-state index contributed by atoms with van der Waals surface area (Å²) in [6.45, 7) is 9.27. The summed E-state index contributed by atoms with van der Waals surface area (Å²) in [5, 5.41) is 0. The molecule has 0 heterocycles. The molecule has 0 bridgehead atoms. The Balaban J connectivity index is 1.69. The normalized spacial score (nSPS) is 11.4. The van der Waals surface area contributed by atoms with Crippen LogP contribution in [0.2, 0.25) is 0 Å². The predicted molar refractivity (Wildman–Crippen MR) is 102 cm³/mol. The van der Waals surface area contributed by atoms with Crippen molar-refractivity contribution in [3.05, 3.63) is 113 Å². The van der Waals surface area contributed by atoms with E-state index in [0.717, 1.165) is 17.5 Å². The molecule has 1 unspecified atom stereocenters. The molecule has 0 saturated carbocycles. The molecule has 3 aromatic rings. The fraction of sp³-hybridized carbons (Fsp3) is 0.130. The van der Waals surface area contributed by atoms with E-state index >= 15 is 0 Å². The molecule has 0 aliphatic carbocycles. The molecule has 3 nitrogen and oxygen atoms in total. The molecule has 0 aliphatic heterocycles. The van der Waals surface area contributed by atoms with Gasteiger partial charge in [0, 0.05) is 5.56 Å². The van der Waals surface area contributed by atoms with Crippen LogP contribution >= 0.6 is 0 Å². The van der Waals surface area contributed by atoms with Gasteiger partial charge in [-0.2, -0.15) is 0 Å². The van der Waals surface area contributed by atoms with E-state index in [0.29, 0.717) is 11.3 Å². The second-order valence-corrected chi connectivity index (χ2v) is 6.14. The first-order valence-corrected chi connectivity index (χ1v) is 8.42. The van der Waals surface area contributed by atoms with Crippen LogP contribution in [0.25, 0.3) is 4.85 Å². The van der Waals surface area contributed by atoms with E-state index in [1.807, 2.05) is 49.4 Å².